The Hall–Kier alpha value is -1.45. The van der Waals surface area contributed by atoms with E-state index in [4.69, 9.17) is 5.11 Å². The van der Waals surface area contributed by atoms with Crippen LogP contribution in [0.2, 0.25) is 0 Å². The Bertz CT molecular complexity index is 831. The first-order chi connectivity index (χ1) is 15.1. The van der Waals surface area contributed by atoms with Crippen molar-refractivity contribution < 1.29 is 19.4 Å². The summed E-state index contributed by atoms with van der Waals surface area (Å²) in [5.74, 6) is -1.18. The van der Waals surface area contributed by atoms with Gasteiger partial charge in [-0.1, -0.05) is 6.07 Å². The highest BCUT2D eigenvalue weighted by Crippen LogP contribution is 2.25. The van der Waals surface area contributed by atoms with E-state index in [0.29, 0.717) is 25.9 Å². The Morgan fingerprint density at radius 3 is 2.75 bits per heavy atom. The van der Waals surface area contributed by atoms with Crippen LogP contribution in [0.3, 0.4) is 0 Å². The topological polar surface area (TPSA) is 72.8 Å². The molecule has 0 bridgehead atoms. The molecule has 0 amide bonds. The molecule has 0 unspecified atom stereocenters. The van der Waals surface area contributed by atoms with Crippen molar-refractivity contribution >= 4 is 29.3 Å². The molecule has 1 heterocycles. The highest BCUT2D eigenvalue weighted by Gasteiger charge is 2.19. The molecule has 1 aromatic heterocycles. The summed E-state index contributed by atoms with van der Waals surface area (Å²) in [5.41, 5.74) is 0.728. The molecular weight excluding hydrogens is 447 g/mol. The van der Waals surface area contributed by atoms with Crippen molar-refractivity contribution in [2.45, 2.75) is 68.9 Å². The number of hydrogen-bond acceptors (Lipinski definition) is 6. The van der Waals surface area contributed by atoms with E-state index in [1.807, 2.05) is 17.4 Å². The molecule has 0 spiro atoms. The predicted molar refractivity (Wildman–Crippen MR) is 131 cm³/mol. The summed E-state index contributed by atoms with van der Waals surface area (Å²) >= 11 is 3.17. The number of carbonyl (C=O) groups is 1. The van der Waals surface area contributed by atoms with Crippen molar-refractivity contribution in [2.24, 2.45) is 0 Å². The number of aliphatic hydroxyl groups is 1. The van der Waals surface area contributed by atoms with Crippen LogP contribution in [-0.4, -0.2) is 52.3 Å². The number of aliphatic hydroxyl groups excluding tert-OH is 1. The first-order valence-corrected chi connectivity index (χ1v) is 12.6. The number of carboxylic acids is 1. The summed E-state index contributed by atoms with van der Waals surface area (Å²) < 4.78 is 15.9. The third kappa shape index (κ3) is 10.9. The normalized spacial score (nSPS) is 12.9. The van der Waals surface area contributed by atoms with Gasteiger partial charge in [0.25, 0.3) is 0 Å². The van der Waals surface area contributed by atoms with Crippen LogP contribution in [-0.2, 0) is 17.6 Å². The Labute approximate surface area is 199 Å². The lowest BCUT2D eigenvalue weighted by atomic mass is 9.96. The van der Waals surface area contributed by atoms with Gasteiger partial charge in [-0.2, -0.15) is 0 Å². The Morgan fingerprint density at radius 2 is 2.06 bits per heavy atom. The number of halogens is 1. The fourth-order valence-electron chi connectivity index (χ4n) is 3.48. The molecule has 0 saturated carbocycles. The van der Waals surface area contributed by atoms with Gasteiger partial charge in [0, 0.05) is 34.8 Å². The number of carboxylic acid groups (broad SMARTS) is 1. The van der Waals surface area contributed by atoms with Crippen molar-refractivity contribution in [2.75, 3.05) is 20.1 Å². The maximum Gasteiger partial charge on any atom is 0.303 e. The van der Waals surface area contributed by atoms with Crippen LogP contribution in [0, 0.1) is 5.82 Å². The molecule has 1 aromatic carbocycles. The van der Waals surface area contributed by atoms with E-state index in [0.717, 1.165) is 29.7 Å². The summed E-state index contributed by atoms with van der Waals surface area (Å²) in [4.78, 5) is 12.8. The summed E-state index contributed by atoms with van der Waals surface area (Å²) in [5, 5.41) is 24.8. The number of benzene rings is 1. The fraction of sp³-hybridized carbons (Fsp3) is 0.542. The molecule has 1 atom stereocenters. The number of nitrogens with one attached hydrogen (secondary N) is 1. The number of likely N-dealkylation sites (N-methyl/N-ethyl adjacent to an activating group) is 1. The molecule has 0 fully saturated rings. The maximum absolute atomic E-state index is 14.0. The number of β-amino-alcohol motifs (C(OH)–C–C–N with tert-alkyl or cyclic N) is 1. The van der Waals surface area contributed by atoms with Gasteiger partial charge in [-0.05, 0) is 100 Å². The molecule has 0 aliphatic rings. The zero-order valence-electron chi connectivity index (χ0n) is 19.1. The van der Waals surface area contributed by atoms with Crippen LogP contribution in [0.4, 0.5) is 4.39 Å². The second kappa shape index (κ2) is 13.3. The predicted octanol–water partition coefficient (Wildman–Crippen LogP) is 4.99. The Balaban J connectivity index is 1.74. The average molecular weight is 483 g/mol. The van der Waals surface area contributed by atoms with E-state index < -0.39 is 12.1 Å². The number of aryl methyl sites for hydroxylation is 2. The number of aliphatic carboxylic acids is 1. The van der Waals surface area contributed by atoms with Crippen LogP contribution in [0.1, 0.15) is 50.0 Å². The van der Waals surface area contributed by atoms with Crippen LogP contribution >= 0.6 is 23.3 Å². The monoisotopic (exact) mass is 482 g/mol. The third-order valence-electron chi connectivity index (χ3n) is 5.14. The maximum atomic E-state index is 14.0. The zero-order chi connectivity index (χ0) is 23.6. The summed E-state index contributed by atoms with van der Waals surface area (Å²) in [6.07, 6.45) is 3.73. The van der Waals surface area contributed by atoms with E-state index in [2.05, 4.69) is 36.7 Å². The number of hydrogen-bond donors (Lipinski definition) is 3. The summed E-state index contributed by atoms with van der Waals surface area (Å²) in [7, 11) is 1.87. The molecule has 0 saturated heterocycles. The first-order valence-electron chi connectivity index (χ1n) is 11.0. The molecule has 0 radical (unpaired) electrons. The molecule has 32 heavy (non-hydrogen) atoms. The second-order valence-electron chi connectivity index (χ2n) is 8.80. The number of nitrogens with zero attached hydrogens (tertiary/aromatic N) is 1. The van der Waals surface area contributed by atoms with E-state index in [-0.39, 0.29) is 17.8 Å². The lowest BCUT2D eigenvalue weighted by Crippen LogP contribution is -2.45. The molecule has 5 nitrogen and oxygen atoms in total. The van der Waals surface area contributed by atoms with Crippen LogP contribution in [0.5, 0.6) is 0 Å². The van der Waals surface area contributed by atoms with E-state index in [9.17, 15) is 14.3 Å². The van der Waals surface area contributed by atoms with Crippen LogP contribution in [0.25, 0.3) is 0 Å². The van der Waals surface area contributed by atoms with Gasteiger partial charge < -0.3 is 15.5 Å². The average Bonchev–Trinajstić information content (AvgIpc) is 3.19. The van der Waals surface area contributed by atoms with Gasteiger partial charge in [0.15, 0.2) is 0 Å². The van der Waals surface area contributed by atoms with E-state index in [1.165, 1.54) is 29.0 Å². The lowest BCUT2D eigenvalue weighted by Gasteiger charge is -2.29. The van der Waals surface area contributed by atoms with Gasteiger partial charge in [-0.15, -0.1) is 11.3 Å². The lowest BCUT2D eigenvalue weighted by molar-refractivity contribution is -0.137. The summed E-state index contributed by atoms with van der Waals surface area (Å²) in [6.45, 7) is 5.24. The Kier molecular flexibility index (Phi) is 11.1. The van der Waals surface area contributed by atoms with Crippen molar-refractivity contribution in [1.29, 1.82) is 0 Å². The standard InChI is InChI=1S/C24H35FN2O3S2/c1-24(2,11-5-8-21-9-6-12-31-21)26-16-20(28)17-27(3)32-22-14-18(13-19(25)15-22)7-4-10-23(29)30/h6,9,12-15,20,26,28H,4-5,7-8,10-11,16-17H2,1-3H3,(H,29,30)/t20-/m1/s1. The second-order valence-corrected chi connectivity index (χ2v) is 11.1. The fourth-order valence-corrected chi connectivity index (χ4v) is 5.21. The molecule has 2 rings (SSSR count). The SMILES string of the molecule is CN(C[C@H](O)CNC(C)(C)CCCc1cccs1)Sc1cc(F)cc(CCCC(=O)O)c1. The molecule has 0 aliphatic carbocycles. The van der Waals surface area contributed by atoms with E-state index in [1.54, 1.807) is 11.3 Å². The molecule has 3 N–H and O–H groups in total. The number of rotatable bonds is 15. The van der Waals surface area contributed by atoms with Gasteiger partial charge in [-0.25, -0.2) is 8.70 Å². The zero-order valence-corrected chi connectivity index (χ0v) is 20.8. The highest BCUT2D eigenvalue weighted by molar-refractivity contribution is 7.97. The number of thiophene rings is 1. The minimum Gasteiger partial charge on any atom is -0.481 e. The molecular formula is C24H35FN2O3S2. The van der Waals surface area contributed by atoms with Crippen LogP contribution < -0.4 is 5.32 Å². The molecule has 178 valence electrons. The largest absolute Gasteiger partial charge is 0.481 e. The van der Waals surface area contributed by atoms with Gasteiger partial charge in [-0.3, -0.25) is 4.79 Å². The Morgan fingerprint density at radius 1 is 1.28 bits per heavy atom. The summed E-state index contributed by atoms with van der Waals surface area (Å²) in [6, 6.07) is 9.04. The molecule has 2 aromatic rings. The van der Waals surface area contributed by atoms with Crippen molar-refractivity contribution in [3.8, 4) is 0 Å². The van der Waals surface area contributed by atoms with Crippen molar-refractivity contribution in [3.63, 3.8) is 0 Å². The van der Waals surface area contributed by atoms with Gasteiger partial charge in [0.2, 0.25) is 0 Å². The van der Waals surface area contributed by atoms with Gasteiger partial charge in [0.05, 0.1) is 6.10 Å². The van der Waals surface area contributed by atoms with Gasteiger partial charge >= 0.3 is 5.97 Å². The quantitative estimate of drug-likeness (QED) is 0.311. The smallest absolute Gasteiger partial charge is 0.303 e. The molecule has 0 aliphatic heterocycles. The van der Waals surface area contributed by atoms with Crippen LogP contribution in [0.15, 0.2) is 40.6 Å². The minimum absolute atomic E-state index is 0.0582. The minimum atomic E-state index is -0.844. The van der Waals surface area contributed by atoms with E-state index >= 15 is 0 Å². The third-order valence-corrected chi connectivity index (χ3v) is 6.98. The van der Waals surface area contributed by atoms with Crippen molar-refractivity contribution in [3.05, 3.63) is 52.0 Å². The van der Waals surface area contributed by atoms with Crippen molar-refractivity contribution in [1.82, 2.24) is 9.62 Å². The highest BCUT2D eigenvalue weighted by atomic mass is 32.2. The van der Waals surface area contributed by atoms with Gasteiger partial charge in [0.1, 0.15) is 5.82 Å². The molecule has 8 heteroatoms. The first kappa shape index (κ1) is 26.8.